The topological polar surface area (TPSA) is 121 Å². The highest BCUT2D eigenvalue weighted by Crippen LogP contribution is 2.31. The summed E-state index contributed by atoms with van der Waals surface area (Å²) in [4.78, 5) is 28.8. The normalized spacial score (nSPS) is 10.5. The van der Waals surface area contributed by atoms with Gasteiger partial charge in [0, 0.05) is 29.8 Å². The summed E-state index contributed by atoms with van der Waals surface area (Å²) in [5.74, 6) is 1.38. The van der Waals surface area contributed by atoms with Crippen LogP contribution >= 0.6 is 0 Å². The molecule has 0 aliphatic rings. The minimum Gasteiger partial charge on any atom is -0.493 e. The number of ether oxygens (including phenoxy) is 2. The van der Waals surface area contributed by atoms with E-state index in [1.54, 1.807) is 39.3 Å². The average molecular weight is 412 g/mol. The zero-order chi connectivity index (χ0) is 21.8. The van der Waals surface area contributed by atoms with Crippen molar-refractivity contribution < 1.29 is 23.7 Å². The minimum atomic E-state index is -0.485. The van der Waals surface area contributed by atoms with Gasteiger partial charge in [0.25, 0.3) is 11.6 Å². The first-order valence-corrected chi connectivity index (χ1v) is 8.89. The fourth-order valence-electron chi connectivity index (χ4n) is 2.90. The van der Waals surface area contributed by atoms with E-state index in [1.165, 1.54) is 30.2 Å². The molecular formula is C20H20N4O6. The second-order valence-electron chi connectivity index (χ2n) is 6.50. The summed E-state index contributed by atoms with van der Waals surface area (Å²) in [5, 5.41) is 14.9. The van der Waals surface area contributed by atoms with E-state index in [4.69, 9.17) is 14.0 Å². The monoisotopic (exact) mass is 412 g/mol. The van der Waals surface area contributed by atoms with E-state index >= 15 is 0 Å². The predicted octanol–water partition coefficient (Wildman–Crippen LogP) is 3.24. The summed E-state index contributed by atoms with van der Waals surface area (Å²) in [6, 6.07) is 9.45. The highest BCUT2D eigenvalue weighted by atomic mass is 16.6. The molecule has 0 saturated carbocycles. The fourth-order valence-corrected chi connectivity index (χ4v) is 2.90. The summed E-state index contributed by atoms with van der Waals surface area (Å²) in [6.07, 6.45) is 0. The Kier molecular flexibility index (Phi) is 5.95. The number of rotatable bonds is 7. The molecule has 10 nitrogen and oxygen atoms in total. The Hall–Kier alpha value is -3.95. The molecule has 3 rings (SSSR count). The molecule has 3 aromatic rings. The van der Waals surface area contributed by atoms with Crippen LogP contribution in [0, 0.1) is 17.0 Å². The first-order chi connectivity index (χ1) is 14.3. The smallest absolute Gasteiger partial charge is 0.272 e. The van der Waals surface area contributed by atoms with E-state index in [-0.39, 0.29) is 24.0 Å². The number of nitrogens with zero attached hydrogens (tertiary/aromatic N) is 4. The Labute approximate surface area is 172 Å². The summed E-state index contributed by atoms with van der Waals surface area (Å²) >= 11 is 0. The zero-order valence-electron chi connectivity index (χ0n) is 16.9. The number of aromatic nitrogens is 2. The Bertz CT molecular complexity index is 1090. The van der Waals surface area contributed by atoms with Crippen molar-refractivity contribution in [1.82, 2.24) is 15.0 Å². The zero-order valence-corrected chi connectivity index (χ0v) is 16.9. The molecule has 156 valence electrons. The van der Waals surface area contributed by atoms with Gasteiger partial charge in [0.05, 0.1) is 25.7 Å². The van der Waals surface area contributed by atoms with Crippen LogP contribution in [-0.2, 0) is 6.54 Å². The Morgan fingerprint density at radius 1 is 1.17 bits per heavy atom. The van der Waals surface area contributed by atoms with Crippen molar-refractivity contribution in [3.8, 4) is 22.9 Å². The molecule has 0 radical (unpaired) electrons. The van der Waals surface area contributed by atoms with Gasteiger partial charge in [-0.3, -0.25) is 14.9 Å². The summed E-state index contributed by atoms with van der Waals surface area (Å²) in [6.45, 7) is 1.66. The van der Waals surface area contributed by atoms with Crippen molar-refractivity contribution in [2.45, 2.75) is 13.5 Å². The van der Waals surface area contributed by atoms with Gasteiger partial charge in [0.2, 0.25) is 11.7 Å². The highest BCUT2D eigenvalue weighted by Gasteiger charge is 2.19. The van der Waals surface area contributed by atoms with E-state index in [2.05, 4.69) is 10.1 Å². The molecule has 0 unspecified atom stereocenters. The molecular weight excluding hydrogens is 392 g/mol. The number of hydrogen-bond acceptors (Lipinski definition) is 8. The van der Waals surface area contributed by atoms with E-state index in [0.29, 0.717) is 34.0 Å². The third-order valence-electron chi connectivity index (χ3n) is 4.47. The highest BCUT2D eigenvalue weighted by molar-refractivity contribution is 5.94. The molecule has 1 amide bonds. The number of carbonyl (C=O) groups excluding carboxylic acids is 1. The minimum absolute atomic E-state index is 0.0364. The maximum atomic E-state index is 12.6. The number of benzene rings is 2. The molecule has 0 saturated heterocycles. The number of carbonyl (C=O) groups is 1. The van der Waals surface area contributed by atoms with Crippen molar-refractivity contribution in [1.29, 1.82) is 0 Å². The second-order valence-corrected chi connectivity index (χ2v) is 6.50. The van der Waals surface area contributed by atoms with Crippen molar-refractivity contribution >= 4 is 11.6 Å². The molecule has 1 aromatic heterocycles. The quantitative estimate of drug-likeness (QED) is 0.428. The average Bonchev–Trinajstić information content (AvgIpc) is 3.20. The molecule has 10 heteroatoms. The number of methoxy groups -OCH3 is 2. The van der Waals surface area contributed by atoms with Crippen LogP contribution < -0.4 is 9.47 Å². The summed E-state index contributed by atoms with van der Waals surface area (Å²) in [7, 11) is 4.66. The van der Waals surface area contributed by atoms with Crippen LogP contribution in [0.1, 0.15) is 21.8 Å². The molecule has 0 aliphatic heterocycles. The van der Waals surface area contributed by atoms with E-state index < -0.39 is 4.92 Å². The first kappa shape index (κ1) is 20.8. The van der Waals surface area contributed by atoms with Crippen LogP contribution in [0.3, 0.4) is 0 Å². The van der Waals surface area contributed by atoms with Gasteiger partial charge in [-0.05, 0) is 37.3 Å². The van der Waals surface area contributed by atoms with Gasteiger partial charge in [0.1, 0.15) is 0 Å². The van der Waals surface area contributed by atoms with Gasteiger partial charge >= 0.3 is 0 Å². The third kappa shape index (κ3) is 4.22. The lowest BCUT2D eigenvalue weighted by atomic mass is 10.1. The number of hydrogen-bond donors (Lipinski definition) is 0. The van der Waals surface area contributed by atoms with E-state index in [9.17, 15) is 14.9 Å². The van der Waals surface area contributed by atoms with Gasteiger partial charge in [-0.1, -0.05) is 5.16 Å². The maximum absolute atomic E-state index is 12.6. The first-order valence-electron chi connectivity index (χ1n) is 8.89. The van der Waals surface area contributed by atoms with Crippen molar-refractivity contribution in [2.24, 2.45) is 0 Å². The van der Waals surface area contributed by atoms with Crippen LogP contribution in [0.25, 0.3) is 11.4 Å². The molecule has 0 atom stereocenters. The molecule has 30 heavy (non-hydrogen) atoms. The number of nitro groups is 1. The second kappa shape index (κ2) is 8.60. The van der Waals surface area contributed by atoms with Crippen LogP contribution in [0.15, 0.2) is 40.9 Å². The predicted molar refractivity (Wildman–Crippen MR) is 106 cm³/mol. The van der Waals surface area contributed by atoms with Gasteiger partial charge in [0.15, 0.2) is 11.5 Å². The lowest BCUT2D eigenvalue weighted by molar-refractivity contribution is -0.385. The lowest BCUT2D eigenvalue weighted by Crippen LogP contribution is -2.26. The molecule has 0 spiro atoms. The Morgan fingerprint density at radius 2 is 1.90 bits per heavy atom. The third-order valence-corrected chi connectivity index (χ3v) is 4.47. The molecule has 2 aromatic carbocycles. The summed E-state index contributed by atoms with van der Waals surface area (Å²) in [5.41, 5.74) is 1.38. The molecule has 0 N–H and O–H groups in total. The van der Waals surface area contributed by atoms with Crippen molar-refractivity contribution in [2.75, 3.05) is 21.3 Å². The fraction of sp³-hybridized carbons (Fsp3) is 0.250. The van der Waals surface area contributed by atoms with Crippen molar-refractivity contribution in [3.05, 3.63) is 63.5 Å². The number of nitro benzene ring substituents is 1. The van der Waals surface area contributed by atoms with Gasteiger partial charge in [-0.15, -0.1) is 0 Å². The molecule has 0 aliphatic carbocycles. The van der Waals surface area contributed by atoms with Crippen LogP contribution in [0.4, 0.5) is 5.69 Å². The van der Waals surface area contributed by atoms with Crippen LogP contribution in [0.5, 0.6) is 11.5 Å². The number of aryl methyl sites for hydroxylation is 1. The van der Waals surface area contributed by atoms with Crippen LogP contribution in [0.2, 0.25) is 0 Å². The van der Waals surface area contributed by atoms with Crippen molar-refractivity contribution in [3.63, 3.8) is 0 Å². The molecule has 0 fully saturated rings. The van der Waals surface area contributed by atoms with Gasteiger partial charge in [-0.2, -0.15) is 4.98 Å². The standard InChI is InChI=1S/C20H20N4O6/c1-12-9-14(5-7-15(12)24(26)27)20(25)23(2)11-18-21-19(22-30-18)13-6-8-16(28-3)17(10-13)29-4/h5-10H,11H2,1-4H3. The summed E-state index contributed by atoms with van der Waals surface area (Å²) < 4.78 is 15.8. The van der Waals surface area contributed by atoms with Gasteiger partial charge < -0.3 is 18.9 Å². The Morgan fingerprint density at radius 3 is 2.53 bits per heavy atom. The lowest BCUT2D eigenvalue weighted by Gasteiger charge is -2.15. The van der Waals surface area contributed by atoms with Crippen LogP contribution in [-0.4, -0.2) is 47.1 Å². The molecule has 0 bridgehead atoms. The maximum Gasteiger partial charge on any atom is 0.272 e. The van der Waals surface area contributed by atoms with Gasteiger partial charge in [-0.25, -0.2) is 0 Å². The Balaban J connectivity index is 1.75. The van der Waals surface area contributed by atoms with E-state index in [1.807, 2.05) is 0 Å². The SMILES string of the molecule is COc1ccc(-c2noc(CN(C)C(=O)c3ccc([N+](=O)[O-])c(C)c3)n2)cc1OC. The molecule has 1 heterocycles. The number of amides is 1. The van der Waals surface area contributed by atoms with E-state index in [0.717, 1.165) is 0 Å². The largest absolute Gasteiger partial charge is 0.493 e.